The Hall–Kier alpha value is -2.88. The molecule has 108 valence electrons. The number of benzene rings is 1. The zero-order valence-corrected chi connectivity index (χ0v) is 12.0. The molecule has 0 unspecified atom stereocenters. The van der Waals surface area contributed by atoms with Gasteiger partial charge in [-0.25, -0.2) is 0 Å². The maximum atomic E-state index is 10.7. The Morgan fingerprint density at radius 1 is 1.48 bits per heavy atom. The molecule has 0 aliphatic rings. The van der Waals surface area contributed by atoms with Crippen molar-refractivity contribution in [3.8, 4) is 6.07 Å². The SMILES string of the molecule is Cc1nn(C)c(C)c1CNc1ccc([N+](=O)[O-])cc1C#N. The number of aryl methyl sites for hydroxylation is 2. The van der Waals surface area contributed by atoms with Gasteiger partial charge in [0, 0.05) is 37.0 Å². The summed E-state index contributed by atoms with van der Waals surface area (Å²) in [6.07, 6.45) is 0. The van der Waals surface area contributed by atoms with Crippen molar-refractivity contribution in [2.45, 2.75) is 20.4 Å². The molecule has 1 heterocycles. The third-order valence-corrected chi connectivity index (χ3v) is 3.45. The van der Waals surface area contributed by atoms with E-state index in [1.165, 1.54) is 12.1 Å². The summed E-state index contributed by atoms with van der Waals surface area (Å²) in [5.41, 5.74) is 3.75. The second-order valence-corrected chi connectivity index (χ2v) is 4.73. The molecule has 0 spiro atoms. The third kappa shape index (κ3) is 2.84. The normalized spacial score (nSPS) is 10.2. The summed E-state index contributed by atoms with van der Waals surface area (Å²) in [6.45, 7) is 4.40. The van der Waals surface area contributed by atoms with Crippen LogP contribution in [-0.4, -0.2) is 14.7 Å². The van der Waals surface area contributed by atoms with Gasteiger partial charge in [-0.2, -0.15) is 10.4 Å². The molecule has 0 aliphatic heterocycles. The van der Waals surface area contributed by atoms with Gasteiger partial charge in [-0.1, -0.05) is 0 Å². The molecule has 0 fully saturated rings. The van der Waals surface area contributed by atoms with Crippen LogP contribution in [0.5, 0.6) is 0 Å². The summed E-state index contributed by atoms with van der Waals surface area (Å²) in [6, 6.07) is 6.18. The van der Waals surface area contributed by atoms with Crippen LogP contribution in [0.3, 0.4) is 0 Å². The van der Waals surface area contributed by atoms with Gasteiger partial charge in [-0.05, 0) is 19.9 Å². The van der Waals surface area contributed by atoms with Gasteiger partial charge in [0.15, 0.2) is 0 Å². The van der Waals surface area contributed by atoms with Gasteiger partial charge in [-0.15, -0.1) is 0 Å². The first-order valence-corrected chi connectivity index (χ1v) is 6.35. The highest BCUT2D eigenvalue weighted by Gasteiger charge is 2.13. The van der Waals surface area contributed by atoms with Crippen molar-refractivity contribution in [2.75, 3.05) is 5.32 Å². The maximum Gasteiger partial charge on any atom is 0.270 e. The topological polar surface area (TPSA) is 96.8 Å². The first-order chi connectivity index (χ1) is 9.93. The Balaban J connectivity index is 2.24. The summed E-state index contributed by atoms with van der Waals surface area (Å²) >= 11 is 0. The largest absolute Gasteiger partial charge is 0.380 e. The average molecular weight is 285 g/mol. The molecule has 0 bridgehead atoms. The number of aromatic nitrogens is 2. The number of rotatable bonds is 4. The van der Waals surface area contributed by atoms with Crippen molar-refractivity contribution in [1.29, 1.82) is 5.26 Å². The van der Waals surface area contributed by atoms with Gasteiger partial charge in [0.1, 0.15) is 6.07 Å². The average Bonchev–Trinajstić information content (AvgIpc) is 2.70. The molecule has 1 aromatic carbocycles. The molecular weight excluding hydrogens is 270 g/mol. The van der Waals surface area contributed by atoms with Gasteiger partial charge in [0.2, 0.25) is 0 Å². The molecule has 7 nitrogen and oxygen atoms in total. The van der Waals surface area contributed by atoms with Gasteiger partial charge in [0.25, 0.3) is 5.69 Å². The van der Waals surface area contributed by atoms with Crippen LogP contribution in [0.15, 0.2) is 18.2 Å². The van der Waals surface area contributed by atoms with E-state index in [0.29, 0.717) is 12.2 Å². The summed E-state index contributed by atoms with van der Waals surface area (Å²) in [5.74, 6) is 0. The maximum absolute atomic E-state index is 10.7. The van der Waals surface area contributed by atoms with Gasteiger partial charge < -0.3 is 5.32 Å². The van der Waals surface area contributed by atoms with Crippen molar-refractivity contribution < 1.29 is 4.92 Å². The zero-order valence-electron chi connectivity index (χ0n) is 12.0. The Labute approximate surface area is 122 Å². The second-order valence-electron chi connectivity index (χ2n) is 4.73. The van der Waals surface area contributed by atoms with Crippen molar-refractivity contribution in [3.63, 3.8) is 0 Å². The molecule has 7 heteroatoms. The standard InChI is InChI=1S/C14H15N5O2/c1-9-13(10(2)18(3)17-9)8-16-14-5-4-12(19(20)21)6-11(14)7-15/h4-6,16H,8H2,1-3H3. The first kappa shape index (κ1) is 14.5. The van der Waals surface area contributed by atoms with E-state index in [-0.39, 0.29) is 11.3 Å². The van der Waals surface area contributed by atoms with Crippen LogP contribution >= 0.6 is 0 Å². The molecule has 0 aliphatic carbocycles. The fourth-order valence-corrected chi connectivity index (χ4v) is 2.15. The number of nitro benzene ring substituents is 1. The molecule has 0 radical (unpaired) electrons. The van der Waals surface area contributed by atoms with Crippen LogP contribution in [0, 0.1) is 35.3 Å². The third-order valence-electron chi connectivity index (χ3n) is 3.45. The van der Waals surface area contributed by atoms with Crippen molar-refractivity contribution >= 4 is 11.4 Å². The molecule has 1 N–H and O–H groups in total. The summed E-state index contributed by atoms with van der Waals surface area (Å²) < 4.78 is 1.80. The van der Waals surface area contributed by atoms with Crippen LogP contribution in [0.2, 0.25) is 0 Å². The predicted octanol–water partition coefficient (Wildman–Crippen LogP) is 2.43. The van der Waals surface area contributed by atoms with E-state index >= 15 is 0 Å². The van der Waals surface area contributed by atoms with Gasteiger partial charge in [0.05, 0.1) is 21.9 Å². The van der Waals surface area contributed by atoms with E-state index in [1.807, 2.05) is 27.0 Å². The molecule has 0 saturated carbocycles. The van der Waals surface area contributed by atoms with E-state index in [9.17, 15) is 10.1 Å². The van der Waals surface area contributed by atoms with E-state index in [2.05, 4.69) is 10.4 Å². The highest BCUT2D eigenvalue weighted by atomic mass is 16.6. The number of nitrogens with zero attached hydrogens (tertiary/aromatic N) is 4. The fraction of sp³-hybridized carbons (Fsp3) is 0.286. The number of nitriles is 1. The molecule has 2 rings (SSSR count). The van der Waals surface area contributed by atoms with Crippen LogP contribution in [0.4, 0.5) is 11.4 Å². The Kier molecular flexibility index (Phi) is 3.89. The van der Waals surface area contributed by atoms with E-state index in [1.54, 1.807) is 10.7 Å². The Bertz CT molecular complexity index is 743. The van der Waals surface area contributed by atoms with Crippen molar-refractivity contribution in [3.05, 3.63) is 50.8 Å². The minimum Gasteiger partial charge on any atom is -0.380 e. The highest BCUT2D eigenvalue weighted by molar-refractivity contribution is 5.61. The molecule has 0 amide bonds. The monoisotopic (exact) mass is 285 g/mol. The van der Waals surface area contributed by atoms with Crippen LogP contribution < -0.4 is 5.32 Å². The lowest BCUT2D eigenvalue weighted by atomic mass is 10.1. The lowest BCUT2D eigenvalue weighted by Gasteiger charge is -2.08. The quantitative estimate of drug-likeness (QED) is 0.687. The lowest BCUT2D eigenvalue weighted by Crippen LogP contribution is -2.04. The molecule has 0 saturated heterocycles. The second kappa shape index (κ2) is 5.63. The fourth-order valence-electron chi connectivity index (χ4n) is 2.15. The van der Waals surface area contributed by atoms with Gasteiger partial charge in [-0.3, -0.25) is 14.8 Å². The minimum atomic E-state index is -0.514. The summed E-state index contributed by atoms with van der Waals surface area (Å²) in [7, 11) is 1.87. The van der Waals surface area contributed by atoms with Crippen molar-refractivity contribution in [1.82, 2.24) is 9.78 Å². The molecular formula is C14H15N5O2. The number of hydrogen-bond acceptors (Lipinski definition) is 5. The molecule has 21 heavy (non-hydrogen) atoms. The van der Waals surface area contributed by atoms with Crippen LogP contribution in [-0.2, 0) is 13.6 Å². The number of nitro groups is 1. The number of nitrogens with one attached hydrogen (secondary N) is 1. The van der Waals surface area contributed by atoms with Crippen LogP contribution in [0.1, 0.15) is 22.5 Å². The number of non-ortho nitro benzene ring substituents is 1. The number of hydrogen-bond donors (Lipinski definition) is 1. The molecule has 2 aromatic rings. The molecule has 0 atom stereocenters. The highest BCUT2D eigenvalue weighted by Crippen LogP contribution is 2.23. The van der Waals surface area contributed by atoms with E-state index < -0.39 is 4.92 Å². The summed E-state index contributed by atoms with van der Waals surface area (Å²) in [4.78, 5) is 10.2. The van der Waals surface area contributed by atoms with E-state index in [4.69, 9.17) is 5.26 Å². The summed E-state index contributed by atoms with van der Waals surface area (Å²) in [5, 5.41) is 27.3. The zero-order chi connectivity index (χ0) is 15.6. The van der Waals surface area contributed by atoms with E-state index in [0.717, 1.165) is 17.0 Å². The van der Waals surface area contributed by atoms with Crippen LogP contribution in [0.25, 0.3) is 0 Å². The predicted molar refractivity (Wildman–Crippen MR) is 77.8 cm³/mol. The first-order valence-electron chi connectivity index (χ1n) is 6.35. The minimum absolute atomic E-state index is 0.0918. The molecule has 1 aromatic heterocycles. The Morgan fingerprint density at radius 2 is 2.19 bits per heavy atom. The number of anilines is 1. The lowest BCUT2D eigenvalue weighted by molar-refractivity contribution is -0.384. The smallest absolute Gasteiger partial charge is 0.270 e. The Morgan fingerprint density at radius 3 is 2.71 bits per heavy atom. The van der Waals surface area contributed by atoms with Gasteiger partial charge >= 0.3 is 0 Å². The van der Waals surface area contributed by atoms with Crippen molar-refractivity contribution in [2.24, 2.45) is 7.05 Å².